The van der Waals surface area contributed by atoms with Crippen LogP contribution in [0.2, 0.25) is 5.02 Å². The van der Waals surface area contributed by atoms with Crippen LogP contribution in [0.3, 0.4) is 0 Å². The van der Waals surface area contributed by atoms with Crippen LogP contribution in [0, 0.1) is 0 Å². The van der Waals surface area contributed by atoms with Crippen molar-refractivity contribution in [2.75, 3.05) is 23.3 Å². The van der Waals surface area contributed by atoms with Crippen molar-refractivity contribution < 1.29 is 14.4 Å². The lowest BCUT2D eigenvalue weighted by molar-refractivity contribution is -0.144. The van der Waals surface area contributed by atoms with Gasteiger partial charge in [0.05, 0.1) is 16.9 Å². The molecule has 1 fully saturated rings. The van der Waals surface area contributed by atoms with Gasteiger partial charge in [-0.15, -0.1) is 5.10 Å². The van der Waals surface area contributed by atoms with Crippen LogP contribution >= 0.6 is 11.6 Å². The van der Waals surface area contributed by atoms with Crippen LogP contribution in [0.25, 0.3) is 16.6 Å². The number of hydrogen-bond acceptors (Lipinski definition) is 7. The Morgan fingerprint density at radius 2 is 1.94 bits per heavy atom. The molecule has 1 atom stereocenters. The van der Waals surface area contributed by atoms with E-state index in [1.54, 1.807) is 35.9 Å². The number of nitrogens with one attached hydrogen (secondary N) is 1. The summed E-state index contributed by atoms with van der Waals surface area (Å²) in [6.07, 6.45) is 3.58. The van der Waals surface area contributed by atoms with E-state index in [0.29, 0.717) is 28.5 Å². The van der Waals surface area contributed by atoms with Crippen LogP contribution < -0.4 is 10.2 Å². The Hall–Kier alpha value is -4.32. The molecular weight excluding hydrogens is 486 g/mol. The summed E-state index contributed by atoms with van der Waals surface area (Å²) in [7, 11) is 1.82. The number of piperazine rings is 1. The van der Waals surface area contributed by atoms with E-state index in [-0.39, 0.29) is 30.8 Å². The van der Waals surface area contributed by atoms with Crippen LogP contribution in [-0.4, -0.2) is 71.7 Å². The highest BCUT2D eigenvalue weighted by molar-refractivity contribution is 6.31. The summed E-state index contributed by atoms with van der Waals surface area (Å²) in [6, 6.07) is 9.46. The highest BCUT2D eigenvalue weighted by Crippen LogP contribution is 2.30. The predicted octanol–water partition coefficient (Wildman–Crippen LogP) is 1.79. The Bertz CT molecular complexity index is 1470. The van der Waals surface area contributed by atoms with Crippen molar-refractivity contribution in [3.63, 3.8) is 0 Å². The number of aryl methyl sites for hydroxylation is 1. The highest BCUT2D eigenvalue weighted by Gasteiger charge is 2.38. The zero-order chi connectivity index (χ0) is 25.4. The average molecular weight is 508 g/mol. The van der Waals surface area contributed by atoms with Gasteiger partial charge in [0, 0.05) is 29.3 Å². The summed E-state index contributed by atoms with van der Waals surface area (Å²) in [5.74, 6) is -1.08. The molecule has 5 rings (SSSR count). The maximum atomic E-state index is 13.2. The number of fused-ring (bicyclic) bond motifs is 1. The molecule has 2 aromatic carbocycles. The fourth-order valence-electron chi connectivity index (χ4n) is 4.31. The van der Waals surface area contributed by atoms with Crippen molar-refractivity contribution >= 4 is 51.6 Å². The molecule has 1 saturated heterocycles. The maximum Gasteiger partial charge on any atom is 0.247 e. The minimum absolute atomic E-state index is 0.250. The number of amides is 3. The molecule has 3 amide bonds. The van der Waals surface area contributed by atoms with Crippen molar-refractivity contribution in [1.82, 2.24) is 34.9 Å². The summed E-state index contributed by atoms with van der Waals surface area (Å²) in [5, 5.41) is 19.6. The second kappa shape index (κ2) is 9.38. The average Bonchev–Trinajstić information content (AvgIpc) is 3.50. The van der Waals surface area contributed by atoms with E-state index < -0.39 is 6.04 Å². The first kappa shape index (κ1) is 23.4. The number of rotatable bonds is 6. The molecule has 2 aromatic heterocycles. The lowest BCUT2D eigenvalue weighted by Crippen LogP contribution is -2.59. The number of carbonyl (C=O) groups excluding carboxylic acids is 3. The third-order valence-electron chi connectivity index (χ3n) is 6.00. The van der Waals surface area contributed by atoms with Gasteiger partial charge in [-0.25, -0.2) is 0 Å². The number of carbonyl (C=O) groups is 3. The number of tetrazole rings is 1. The summed E-state index contributed by atoms with van der Waals surface area (Å²) >= 11 is 6.19. The van der Waals surface area contributed by atoms with Gasteiger partial charge in [-0.3, -0.25) is 24.0 Å². The summed E-state index contributed by atoms with van der Waals surface area (Å²) in [4.78, 5) is 42.2. The van der Waals surface area contributed by atoms with E-state index in [9.17, 15) is 14.4 Å². The second-order valence-corrected chi connectivity index (χ2v) is 8.82. The van der Waals surface area contributed by atoms with Crippen LogP contribution in [0.1, 0.15) is 13.3 Å². The largest absolute Gasteiger partial charge is 0.324 e. The van der Waals surface area contributed by atoms with Gasteiger partial charge in [0.1, 0.15) is 25.5 Å². The number of hydrogen-bond donors (Lipinski definition) is 1. The van der Waals surface area contributed by atoms with Gasteiger partial charge in [0.25, 0.3) is 0 Å². The lowest BCUT2D eigenvalue weighted by atomic mass is 10.1. The first-order valence-electron chi connectivity index (χ1n) is 11.2. The van der Waals surface area contributed by atoms with E-state index in [2.05, 4.69) is 25.9 Å². The van der Waals surface area contributed by atoms with Crippen LogP contribution in [-0.2, 0) is 21.4 Å². The van der Waals surface area contributed by atoms with E-state index in [1.807, 2.05) is 25.4 Å². The standard InChI is InChI=1S/C23H22ClN9O3/c1-3-18(23(36)26-16-5-6-17-14(8-16)10-30(2)27-17)31-11-22(35)32(12-21(31)34)20-9-15(24)4-7-19(20)33-13-25-28-29-33/h4-10,13,18H,3,11-12H2,1-2H3,(H,26,36). The fraction of sp³-hybridized carbons (Fsp3) is 0.261. The van der Waals surface area contributed by atoms with Crippen molar-refractivity contribution in [3.8, 4) is 5.69 Å². The zero-order valence-corrected chi connectivity index (χ0v) is 20.3. The molecule has 0 radical (unpaired) electrons. The minimum atomic E-state index is -0.813. The number of benzene rings is 2. The van der Waals surface area contributed by atoms with Crippen LogP contribution in [0.4, 0.5) is 11.4 Å². The smallest absolute Gasteiger partial charge is 0.247 e. The number of halogens is 1. The highest BCUT2D eigenvalue weighted by atomic mass is 35.5. The molecule has 0 bridgehead atoms. The molecule has 36 heavy (non-hydrogen) atoms. The summed E-state index contributed by atoms with van der Waals surface area (Å²) in [5.41, 5.74) is 2.28. The molecular formula is C23H22ClN9O3. The topological polar surface area (TPSA) is 131 Å². The van der Waals surface area contributed by atoms with E-state index in [4.69, 9.17) is 11.6 Å². The third-order valence-corrected chi connectivity index (χ3v) is 6.23. The van der Waals surface area contributed by atoms with Crippen molar-refractivity contribution in [2.45, 2.75) is 19.4 Å². The van der Waals surface area contributed by atoms with E-state index in [1.165, 1.54) is 20.8 Å². The monoisotopic (exact) mass is 507 g/mol. The van der Waals surface area contributed by atoms with Crippen molar-refractivity contribution in [2.24, 2.45) is 7.05 Å². The SMILES string of the molecule is CCC(C(=O)Nc1ccc2nn(C)cc2c1)N1CC(=O)N(c2cc(Cl)ccc2-n2cnnn2)CC1=O. The Labute approximate surface area is 210 Å². The number of anilines is 2. The van der Waals surface area contributed by atoms with Crippen LogP contribution in [0.5, 0.6) is 0 Å². The molecule has 1 aliphatic rings. The zero-order valence-electron chi connectivity index (χ0n) is 19.5. The molecule has 1 aliphatic heterocycles. The molecule has 13 heteroatoms. The Balaban J connectivity index is 1.35. The predicted molar refractivity (Wildman–Crippen MR) is 132 cm³/mol. The quantitative estimate of drug-likeness (QED) is 0.421. The molecule has 0 saturated carbocycles. The summed E-state index contributed by atoms with van der Waals surface area (Å²) < 4.78 is 3.08. The van der Waals surface area contributed by atoms with E-state index >= 15 is 0 Å². The van der Waals surface area contributed by atoms with Gasteiger partial charge in [-0.1, -0.05) is 18.5 Å². The Morgan fingerprint density at radius 1 is 1.11 bits per heavy atom. The molecule has 4 aromatic rings. The van der Waals surface area contributed by atoms with E-state index in [0.717, 1.165) is 10.9 Å². The van der Waals surface area contributed by atoms with Crippen molar-refractivity contribution in [3.05, 3.63) is 53.9 Å². The van der Waals surface area contributed by atoms with Crippen LogP contribution in [0.15, 0.2) is 48.9 Å². The molecule has 184 valence electrons. The molecule has 0 spiro atoms. The second-order valence-electron chi connectivity index (χ2n) is 8.38. The fourth-order valence-corrected chi connectivity index (χ4v) is 4.48. The minimum Gasteiger partial charge on any atom is -0.324 e. The normalized spacial score (nSPS) is 15.0. The Kier molecular flexibility index (Phi) is 6.10. The lowest BCUT2D eigenvalue weighted by Gasteiger charge is -2.38. The first-order chi connectivity index (χ1) is 17.3. The molecule has 12 nitrogen and oxygen atoms in total. The first-order valence-corrected chi connectivity index (χ1v) is 11.6. The number of aromatic nitrogens is 6. The van der Waals surface area contributed by atoms with Crippen molar-refractivity contribution in [1.29, 1.82) is 0 Å². The van der Waals surface area contributed by atoms with Gasteiger partial charge in [0.15, 0.2) is 0 Å². The van der Waals surface area contributed by atoms with Gasteiger partial charge >= 0.3 is 0 Å². The number of nitrogens with zero attached hydrogens (tertiary/aromatic N) is 8. The third kappa shape index (κ3) is 4.38. The molecule has 1 N–H and O–H groups in total. The molecule has 0 aliphatic carbocycles. The summed E-state index contributed by atoms with van der Waals surface area (Å²) in [6.45, 7) is 1.29. The maximum absolute atomic E-state index is 13.2. The van der Waals surface area contributed by atoms with Gasteiger partial charge in [-0.2, -0.15) is 9.78 Å². The van der Waals surface area contributed by atoms with Gasteiger partial charge in [-0.05, 0) is 53.2 Å². The molecule has 1 unspecified atom stereocenters. The Morgan fingerprint density at radius 3 is 2.69 bits per heavy atom. The van der Waals surface area contributed by atoms with Gasteiger partial charge < -0.3 is 10.2 Å². The van der Waals surface area contributed by atoms with Gasteiger partial charge in [0.2, 0.25) is 17.7 Å². The molecule has 3 heterocycles.